The fourth-order valence-corrected chi connectivity index (χ4v) is 1.95. The number of nitrogens with one attached hydrogen (secondary N) is 2. The molecular formula is C11H15N5O2S. The quantitative estimate of drug-likeness (QED) is 0.703. The standard InChI is InChI=1S/C11H15N5O2S/c1-7-3-9-10(4-8(7)2)13-5-14-11(9)15-6-16-19(12,17)18/h3-5,16H,6H2,1-2H3,(H2,12,17,18)(H,13,14,15). The lowest BCUT2D eigenvalue weighted by atomic mass is 10.1. The Labute approximate surface area is 111 Å². The van der Waals surface area contributed by atoms with Gasteiger partial charge in [-0.1, -0.05) is 0 Å². The average Bonchev–Trinajstić information content (AvgIpc) is 2.30. The number of benzene rings is 1. The van der Waals surface area contributed by atoms with Crippen molar-refractivity contribution >= 4 is 26.9 Å². The normalized spacial score (nSPS) is 11.7. The van der Waals surface area contributed by atoms with Crippen molar-refractivity contribution in [3.8, 4) is 0 Å². The van der Waals surface area contributed by atoms with Crippen LogP contribution in [0.4, 0.5) is 5.82 Å². The highest BCUT2D eigenvalue weighted by Gasteiger charge is 2.06. The molecule has 1 aromatic carbocycles. The van der Waals surface area contributed by atoms with Crippen LogP contribution in [-0.2, 0) is 10.2 Å². The van der Waals surface area contributed by atoms with Crippen molar-refractivity contribution in [1.29, 1.82) is 0 Å². The van der Waals surface area contributed by atoms with Crippen LogP contribution in [-0.4, -0.2) is 25.1 Å². The second-order valence-corrected chi connectivity index (χ2v) is 5.60. The van der Waals surface area contributed by atoms with E-state index >= 15 is 0 Å². The minimum Gasteiger partial charge on any atom is -0.356 e. The molecule has 0 saturated heterocycles. The maximum absolute atomic E-state index is 10.8. The first kappa shape index (κ1) is 13.7. The van der Waals surface area contributed by atoms with Gasteiger partial charge in [0.05, 0.1) is 12.2 Å². The molecule has 0 spiro atoms. The molecule has 0 radical (unpaired) electrons. The number of anilines is 1. The van der Waals surface area contributed by atoms with Crippen LogP contribution in [0.3, 0.4) is 0 Å². The molecule has 1 heterocycles. The van der Waals surface area contributed by atoms with E-state index in [0.29, 0.717) is 5.82 Å². The van der Waals surface area contributed by atoms with Crippen LogP contribution in [0, 0.1) is 13.8 Å². The third-order valence-electron chi connectivity index (χ3n) is 2.78. The zero-order valence-corrected chi connectivity index (χ0v) is 11.5. The van der Waals surface area contributed by atoms with Crippen molar-refractivity contribution in [3.63, 3.8) is 0 Å². The Balaban J connectivity index is 2.31. The van der Waals surface area contributed by atoms with Gasteiger partial charge in [0.15, 0.2) is 0 Å². The summed E-state index contributed by atoms with van der Waals surface area (Å²) in [4.78, 5) is 8.29. The largest absolute Gasteiger partial charge is 0.356 e. The highest BCUT2D eigenvalue weighted by Crippen LogP contribution is 2.22. The summed E-state index contributed by atoms with van der Waals surface area (Å²) >= 11 is 0. The number of hydrogen-bond acceptors (Lipinski definition) is 5. The first-order chi connectivity index (χ1) is 8.87. The molecule has 19 heavy (non-hydrogen) atoms. The highest BCUT2D eigenvalue weighted by molar-refractivity contribution is 7.87. The van der Waals surface area contributed by atoms with Crippen LogP contribution < -0.4 is 15.2 Å². The first-order valence-corrected chi connectivity index (χ1v) is 7.14. The Morgan fingerprint density at radius 1 is 1.21 bits per heavy atom. The summed E-state index contributed by atoms with van der Waals surface area (Å²) in [6.45, 7) is 3.97. The summed E-state index contributed by atoms with van der Waals surface area (Å²) in [5.41, 5.74) is 3.06. The van der Waals surface area contributed by atoms with Gasteiger partial charge in [0.1, 0.15) is 12.1 Å². The van der Waals surface area contributed by atoms with Gasteiger partial charge < -0.3 is 5.32 Å². The van der Waals surface area contributed by atoms with E-state index < -0.39 is 10.2 Å². The Kier molecular flexibility index (Phi) is 3.65. The van der Waals surface area contributed by atoms with Gasteiger partial charge in [0.25, 0.3) is 10.2 Å². The number of nitrogens with two attached hydrogens (primary N) is 1. The smallest absolute Gasteiger partial charge is 0.275 e. The Bertz CT molecular complexity index is 714. The van der Waals surface area contributed by atoms with E-state index in [-0.39, 0.29) is 6.67 Å². The van der Waals surface area contributed by atoms with E-state index in [1.807, 2.05) is 26.0 Å². The Morgan fingerprint density at radius 2 is 1.89 bits per heavy atom. The van der Waals surface area contributed by atoms with Crippen molar-refractivity contribution in [2.24, 2.45) is 5.14 Å². The van der Waals surface area contributed by atoms with Gasteiger partial charge in [-0.05, 0) is 37.1 Å². The van der Waals surface area contributed by atoms with Crippen LogP contribution >= 0.6 is 0 Å². The van der Waals surface area contributed by atoms with Crippen LogP contribution in [0.1, 0.15) is 11.1 Å². The zero-order valence-electron chi connectivity index (χ0n) is 10.6. The van der Waals surface area contributed by atoms with E-state index in [1.54, 1.807) is 0 Å². The molecule has 8 heteroatoms. The molecule has 2 aromatic rings. The third kappa shape index (κ3) is 3.37. The number of fused-ring (bicyclic) bond motifs is 1. The lowest BCUT2D eigenvalue weighted by Crippen LogP contribution is -2.34. The summed E-state index contributed by atoms with van der Waals surface area (Å²) in [5, 5.41) is 8.55. The highest BCUT2D eigenvalue weighted by atomic mass is 32.2. The molecule has 0 saturated carbocycles. The minimum absolute atomic E-state index is 0.0299. The molecule has 0 unspecified atom stereocenters. The molecule has 0 amide bonds. The maximum atomic E-state index is 10.8. The monoisotopic (exact) mass is 281 g/mol. The van der Waals surface area contributed by atoms with Gasteiger partial charge in [-0.2, -0.15) is 13.1 Å². The predicted molar refractivity (Wildman–Crippen MR) is 73.7 cm³/mol. The van der Waals surface area contributed by atoms with Gasteiger partial charge in [0, 0.05) is 5.39 Å². The summed E-state index contributed by atoms with van der Waals surface area (Å²) in [5.74, 6) is 0.559. The SMILES string of the molecule is Cc1cc2ncnc(NCNS(N)(=O)=O)c2cc1C. The second-order valence-electron chi connectivity index (χ2n) is 4.22. The van der Waals surface area contributed by atoms with E-state index in [4.69, 9.17) is 5.14 Å². The number of aryl methyl sites for hydroxylation is 2. The van der Waals surface area contributed by atoms with Gasteiger partial charge >= 0.3 is 0 Å². The number of nitrogens with zero attached hydrogens (tertiary/aromatic N) is 2. The van der Waals surface area contributed by atoms with Crippen molar-refractivity contribution in [1.82, 2.24) is 14.7 Å². The van der Waals surface area contributed by atoms with E-state index in [2.05, 4.69) is 20.0 Å². The summed E-state index contributed by atoms with van der Waals surface area (Å²) in [6, 6.07) is 3.93. The van der Waals surface area contributed by atoms with Crippen LogP contribution in [0.2, 0.25) is 0 Å². The molecule has 0 fully saturated rings. The summed E-state index contributed by atoms with van der Waals surface area (Å²) in [6.07, 6.45) is 1.43. The number of rotatable bonds is 4. The molecule has 0 aliphatic rings. The van der Waals surface area contributed by atoms with Gasteiger partial charge in [-0.3, -0.25) is 0 Å². The Hall–Kier alpha value is -1.77. The zero-order chi connectivity index (χ0) is 14.0. The van der Waals surface area contributed by atoms with E-state index in [1.165, 1.54) is 6.33 Å². The molecule has 0 bridgehead atoms. The van der Waals surface area contributed by atoms with Gasteiger partial charge in [0.2, 0.25) is 0 Å². The van der Waals surface area contributed by atoms with Crippen LogP contribution in [0.5, 0.6) is 0 Å². The van der Waals surface area contributed by atoms with Crippen LogP contribution in [0.15, 0.2) is 18.5 Å². The number of aromatic nitrogens is 2. The van der Waals surface area contributed by atoms with Gasteiger partial charge in [-0.25, -0.2) is 15.1 Å². The Morgan fingerprint density at radius 3 is 2.58 bits per heavy atom. The molecule has 0 aliphatic carbocycles. The maximum Gasteiger partial charge on any atom is 0.275 e. The fraction of sp³-hybridized carbons (Fsp3) is 0.273. The third-order valence-corrected chi connectivity index (χ3v) is 3.33. The number of hydrogen-bond donors (Lipinski definition) is 3. The van der Waals surface area contributed by atoms with Crippen molar-refractivity contribution in [3.05, 3.63) is 29.6 Å². The van der Waals surface area contributed by atoms with E-state index in [9.17, 15) is 8.42 Å². The molecule has 2 rings (SSSR count). The molecule has 0 atom stereocenters. The van der Waals surface area contributed by atoms with Crippen molar-refractivity contribution in [2.75, 3.05) is 12.0 Å². The average molecular weight is 281 g/mol. The second kappa shape index (κ2) is 5.08. The molecule has 1 aromatic heterocycles. The van der Waals surface area contributed by atoms with Gasteiger partial charge in [-0.15, -0.1) is 0 Å². The van der Waals surface area contributed by atoms with E-state index in [0.717, 1.165) is 22.0 Å². The molecule has 0 aliphatic heterocycles. The predicted octanol–water partition coefficient (Wildman–Crippen LogP) is 0.409. The molecule has 7 nitrogen and oxygen atoms in total. The minimum atomic E-state index is -3.72. The topological polar surface area (TPSA) is 110 Å². The van der Waals surface area contributed by atoms with Crippen LogP contribution in [0.25, 0.3) is 10.9 Å². The van der Waals surface area contributed by atoms with Crippen molar-refractivity contribution < 1.29 is 8.42 Å². The lowest BCUT2D eigenvalue weighted by molar-refractivity contribution is 0.586. The molecule has 102 valence electrons. The summed E-state index contributed by atoms with van der Waals surface area (Å²) in [7, 11) is -3.72. The molecular weight excluding hydrogens is 266 g/mol. The van der Waals surface area contributed by atoms with Crippen molar-refractivity contribution in [2.45, 2.75) is 13.8 Å². The first-order valence-electron chi connectivity index (χ1n) is 5.60. The fourth-order valence-electron chi connectivity index (χ4n) is 1.68. The summed E-state index contributed by atoms with van der Waals surface area (Å²) < 4.78 is 23.7. The lowest BCUT2D eigenvalue weighted by Gasteiger charge is -2.10. The molecule has 4 N–H and O–H groups in total.